The summed E-state index contributed by atoms with van der Waals surface area (Å²) in [7, 11) is 1.69. The fourth-order valence-electron chi connectivity index (χ4n) is 1.92. The van der Waals surface area contributed by atoms with E-state index in [1.807, 2.05) is 24.3 Å². The van der Waals surface area contributed by atoms with E-state index in [-0.39, 0.29) is 0 Å². The van der Waals surface area contributed by atoms with Crippen molar-refractivity contribution in [2.45, 2.75) is 6.92 Å². The first-order chi connectivity index (χ1) is 8.26. The van der Waals surface area contributed by atoms with E-state index < -0.39 is 0 Å². The molecule has 2 aromatic carbocycles. The topological polar surface area (TPSA) is 9.23 Å². The second kappa shape index (κ2) is 4.88. The molecule has 0 radical (unpaired) electrons. The Kier molecular flexibility index (Phi) is 3.29. The highest BCUT2D eigenvalue weighted by Gasteiger charge is 2.08. The Morgan fingerprint density at radius 3 is 2.35 bits per heavy atom. The van der Waals surface area contributed by atoms with Crippen LogP contribution in [-0.2, 0) is 0 Å². The van der Waals surface area contributed by atoms with Crippen LogP contribution >= 0.6 is 0 Å². The minimum absolute atomic E-state index is 0.881. The van der Waals surface area contributed by atoms with Gasteiger partial charge in [0, 0.05) is 5.56 Å². The second-order valence-corrected chi connectivity index (χ2v) is 3.99. The van der Waals surface area contributed by atoms with Crippen LogP contribution in [0.3, 0.4) is 0 Å². The molecule has 0 spiro atoms. The van der Waals surface area contributed by atoms with Crippen molar-refractivity contribution in [1.29, 1.82) is 0 Å². The van der Waals surface area contributed by atoms with Crippen LogP contribution in [0, 0.1) is 6.92 Å². The average molecular weight is 224 g/mol. The summed E-state index contributed by atoms with van der Waals surface area (Å²) in [6.45, 7) is 5.94. The van der Waals surface area contributed by atoms with Crippen molar-refractivity contribution in [2.24, 2.45) is 0 Å². The Balaban J connectivity index is 2.63. The zero-order chi connectivity index (χ0) is 12.3. The molecule has 0 aliphatic rings. The molecule has 2 aromatic rings. The van der Waals surface area contributed by atoms with Gasteiger partial charge in [0.05, 0.1) is 7.11 Å². The number of hydrogen-bond acceptors (Lipinski definition) is 1. The summed E-state index contributed by atoms with van der Waals surface area (Å²) in [6.07, 6.45) is 1.86. The lowest BCUT2D eigenvalue weighted by molar-refractivity contribution is 0.416. The first-order valence-electron chi connectivity index (χ1n) is 5.62. The van der Waals surface area contributed by atoms with Gasteiger partial charge in [-0.15, -0.1) is 0 Å². The molecule has 0 saturated carbocycles. The van der Waals surface area contributed by atoms with Gasteiger partial charge in [-0.1, -0.05) is 54.6 Å². The van der Waals surface area contributed by atoms with Crippen LogP contribution < -0.4 is 4.74 Å². The lowest BCUT2D eigenvalue weighted by atomic mass is 9.98. The van der Waals surface area contributed by atoms with Gasteiger partial charge in [-0.2, -0.15) is 0 Å². The zero-order valence-electron chi connectivity index (χ0n) is 10.2. The minimum atomic E-state index is 0.881. The fourth-order valence-corrected chi connectivity index (χ4v) is 1.92. The highest BCUT2D eigenvalue weighted by molar-refractivity contribution is 5.80. The summed E-state index contributed by atoms with van der Waals surface area (Å²) < 4.78 is 5.42. The summed E-state index contributed by atoms with van der Waals surface area (Å²) in [5.41, 5.74) is 4.60. The first-order valence-corrected chi connectivity index (χ1v) is 5.62. The average Bonchev–Trinajstić information content (AvgIpc) is 2.38. The van der Waals surface area contributed by atoms with Gasteiger partial charge in [0.2, 0.25) is 0 Å². The summed E-state index contributed by atoms with van der Waals surface area (Å²) in [4.78, 5) is 0. The predicted molar refractivity (Wildman–Crippen MR) is 73.3 cm³/mol. The third kappa shape index (κ3) is 2.23. The molecule has 1 nitrogen and oxygen atoms in total. The molecule has 0 unspecified atom stereocenters. The van der Waals surface area contributed by atoms with Crippen molar-refractivity contribution < 1.29 is 4.74 Å². The SMILES string of the molecule is C=Cc1cccc(OC)c1-c1ccc(C)cc1. The van der Waals surface area contributed by atoms with E-state index in [1.54, 1.807) is 7.11 Å². The second-order valence-electron chi connectivity index (χ2n) is 3.99. The number of benzene rings is 2. The molecule has 0 atom stereocenters. The smallest absolute Gasteiger partial charge is 0.127 e. The van der Waals surface area contributed by atoms with Crippen LogP contribution in [0.5, 0.6) is 5.75 Å². The van der Waals surface area contributed by atoms with E-state index >= 15 is 0 Å². The molecule has 86 valence electrons. The molecule has 17 heavy (non-hydrogen) atoms. The quantitative estimate of drug-likeness (QED) is 0.754. The van der Waals surface area contributed by atoms with Crippen molar-refractivity contribution in [3.63, 3.8) is 0 Å². The first kappa shape index (κ1) is 11.5. The van der Waals surface area contributed by atoms with Crippen molar-refractivity contribution in [3.05, 3.63) is 60.2 Å². The molecule has 0 amide bonds. The Morgan fingerprint density at radius 2 is 1.76 bits per heavy atom. The maximum absolute atomic E-state index is 5.42. The summed E-state index contributed by atoms with van der Waals surface area (Å²) >= 11 is 0. The molecule has 0 bridgehead atoms. The van der Waals surface area contributed by atoms with Crippen LogP contribution in [0.2, 0.25) is 0 Å². The third-order valence-electron chi connectivity index (χ3n) is 2.84. The molecule has 0 heterocycles. The van der Waals surface area contributed by atoms with Crippen LogP contribution in [0.15, 0.2) is 49.0 Å². The molecular formula is C16H16O. The van der Waals surface area contributed by atoms with Gasteiger partial charge in [0.15, 0.2) is 0 Å². The Labute approximate surface area is 102 Å². The molecule has 0 aromatic heterocycles. The normalized spacial score (nSPS) is 10.0. The highest BCUT2D eigenvalue weighted by atomic mass is 16.5. The number of aryl methyl sites for hydroxylation is 1. The van der Waals surface area contributed by atoms with Crippen LogP contribution in [-0.4, -0.2) is 7.11 Å². The molecule has 0 aliphatic carbocycles. The fraction of sp³-hybridized carbons (Fsp3) is 0.125. The molecular weight excluding hydrogens is 208 g/mol. The monoisotopic (exact) mass is 224 g/mol. The minimum Gasteiger partial charge on any atom is -0.496 e. The zero-order valence-corrected chi connectivity index (χ0v) is 10.2. The van der Waals surface area contributed by atoms with E-state index in [9.17, 15) is 0 Å². The van der Waals surface area contributed by atoms with Crippen molar-refractivity contribution >= 4 is 6.08 Å². The summed E-state index contributed by atoms with van der Waals surface area (Å²) in [6, 6.07) is 14.4. The Bertz CT molecular complexity index is 524. The van der Waals surface area contributed by atoms with Crippen molar-refractivity contribution in [1.82, 2.24) is 0 Å². The molecule has 1 heteroatoms. The van der Waals surface area contributed by atoms with Crippen molar-refractivity contribution in [3.8, 4) is 16.9 Å². The van der Waals surface area contributed by atoms with E-state index in [4.69, 9.17) is 4.74 Å². The van der Waals surface area contributed by atoms with Gasteiger partial charge in [-0.05, 0) is 24.1 Å². The standard InChI is InChI=1S/C16H16O/c1-4-13-6-5-7-15(17-3)16(13)14-10-8-12(2)9-11-14/h4-11H,1H2,2-3H3. The highest BCUT2D eigenvalue weighted by Crippen LogP contribution is 2.33. The van der Waals surface area contributed by atoms with Gasteiger partial charge in [-0.25, -0.2) is 0 Å². The van der Waals surface area contributed by atoms with E-state index in [2.05, 4.69) is 37.8 Å². The van der Waals surface area contributed by atoms with Gasteiger partial charge in [0.1, 0.15) is 5.75 Å². The lowest BCUT2D eigenvalue weighted by Crippen LogP contribution is -1.90. The Morgan fingerprint density at radius 1 is 1.06 bits per heavy atom. The number of ether oxygens (including phenoxy) is 1. The van der Waals surface area contributed by atoms with Crippen LogP contribution in [0.4, 0.5) is 0 Å². The maximum Gasteiger partial charge on any atom is 0.127 e. The van der Waals surface area contributed by atoms with Gasteiger partial charge in [0.25, 0.3) is 0 Å². The number of rotatable bonds is 3. The number of methoxy groups -OCH3 is 1. The summed E-state index contributed by atoms with van der Waals surface area (Å²) in [5.74, 6) is 0.881. The third-order valence-corrected chi connectivity index (χ3v) is 2.84. The molecule has 2 rings (SSSR count). The van der Waals surface area contributed by atoms with Crippen LogP contribution in [0.25, 0.3) is 17.2 Å². The number of hydrogen-bond donors (Lipinski definition) is 0. The van der Waals surface area contributed by atoms with E-state index in [1.165, 1.54) is 5.56 Å². The van der Waals surface area contributed by atoms with Crippen LogP contribution in [0.1, 0.15) is 11.1 Å². The Hall–Kier alpha value is -2.02. The molecule has 0 N–H and O–H groups in total. The molecule has 0 aliphatic heterocycles. The van der Waals surface area contributed by atoms with Gasteiger partial charge in [-0.3, -0.25) is 0 Å². The summed E-state index contributed by atoms with van der Waals surface area (Å²) in [5, 5.41) is 0. The lowest BCUT2D eigenvalue weighted by Gasteiger charge is -2.12. The van der Waals surface area contributed by atoms with Crippen molar-refractivity contribution in [2.75, 3.05) is 7.11 Å². The largest absolute Gasteiger partial charge is 0.496 e. The maximum atomic E-state index is 5.42. The van der Waals surface area contributed by atoms with Gasteiger partial charge >= 0.3 is 0 Å². The van der Waals surface area contributed by atoms with E-state index in [0.29, 0.717) is 0 Å². The van der Waals surface area contributed by atoms with Gasteiger partial charge < -0.3 is 4.74 Å². The van der Waals surface area contributed by atoms with E-state index in [0.717, 1.165) is 22.4 Å². The predicted octanol–water partition coefficient (Wildman–Crippen LogP) is 4.31. The molecule has 0 fully saturated rings. The molecule has 0 saturated heterocycles.